The van der Waals surface area contributed by atoms with Crippen molar-refractivity contribution in [2.24, 2.45) is 0 Å². The summed E-state index contributed by atoms with van der Waals surface area (Å²) in [6, 6.07) is 19.7. The first kappa shape index (κ1) is 32.8. The smallest absolute Gasteiger partial charge is 0.345 e. The van der Waals surface area contributed by atoms with E-state index in [1.165, 1.54) is 18.3 Å². The van der Waals surface area contributed by atoms with E-state index in [1.807, 2.05) is 24.3 Å². The minimum absolute atomic E-state index is 0.0310. The first-order chi connectivity index (χ1) is 23.3. The summed E-state index contributed by atoms with van der Waals surface area (Å²) in [5, 5.41) is 10.6. The summed E-state index contributed by atoms with van der Waals surface area (Å²) in [7, 11) is 1.57. The van der Waals surface area contributed by atoms with Gasteiger partial charge in [-0.15, -0.1) is 0 Å². The SMILES string of the molecule is COc1ccccc1-c1nccc(COc2ccc(C=O)cc2CC(Oc2nccn3c(Cl)c(-c4ccc(F)cc4)c(I)c23)C(=O)O)n1. The molecule has 1 atom stereocenters. The Morgan fingerprint density at radius 1 is 1.06 bits per heavy atom. The summed E-state index contributed by atoms with van der Waals surface area (Å²) in [6.45, 7) is 0.0323. The molecule has 0 fully saturated rings. The number of rotatable bonds is 12. The van der Waals surface area contributed by atoms with Gasteiger partial charge in [0.1, 0.15) is 40.9 Å². The maximum atomic E-state index is 13.6. The van der Waals surface area contributed by atoms with Crippen LogP contribution in [0.1, 0.15) is 21.6 Å². The second-order valence-electron chi connectivity index (χ2n) is 10.4. The number of carbonyl (C=O) groups excluding carboxylic acids is 1. The Morgan fingerprint density at radius 2 is 1.85 bits per heavy atom. The molecule has 0 radical (unpaired) electrons. The van der Waals surface area contributed by atoms with E-state index in [0.29, 0.717) is 71.4 Å². The third kappa shape index (κ3) is 6.80. The predicted octanol–water partition coefficient (Wildman–Crippen LogP) is 7.33. The summed E-state index contributed by atoms with van der Waals surface area (Å²) in [4.78, 5) is 37.6. The molecular weight excluding hydrogens is 754 g/mol. The van der Waals surface area contributed by atoms with Gasteiger partial charge in [-0.25, -0.2) is 24.1 Å². The van der Waals surface area contributed by atoms with Crippen molar-refractivity contribution in [1.29, 1.82) is 0 Å². The first-order valence-electron chi connectivity index (χ1n) is 14.4. The van der Waals surface area contributed by atoms with Crippen LogP contribution in [0.25, 0.3) is 28.0 Å². The molecule has 0 spiro atoms. The normalized spacial score (nSPS) is 11.7. The molecule has 0 aliphatic heterocycles. The zero-order chi connectivity index (χ0) is 33.8. The van der Waals surface area contributed by atoms with Gasteiger partial charge >= 0.3 is 5.97 Å². The highest BCUT2D eigenvalue weighted by atomic mass is 127. The van der Waals surface area contributed by atoms with Crippen molar-refractivity contribution in [2.45, 2.75) is 19.1 Å². The van der Waals surface area contributed by atoms with Gasteiger partial charge in [-0.2, -0.15) is 0 Å². The Morgan fingerprint density at radius 3 is 2.60 bits per heavy atom. The Balaban J connectivity index is 1.28. The van der Waals surface area contributed by atoms with Crippen molar-refractivity contribution in [2.75, 3.05) is 7.11 Å². The van der Waals surface area contributed by atoms with Crippen LogP contribution in [0.4, 0.5) is 4.39 Å². The number of fused-ring (bicyclic) bond motifs is 1. The molecule has 3 aromatic heterocycles. The molecule has 0 saturated heterocycles. The van der Waals surface area contributed by atoms with Crippen LogP contribution in [0, 0.1) is 9.39 Å². The van der Waals surface area contributed by atoms with E-state index in [0.717, 1.165) is 0 Å². The van der Waals surface area contributed by atoms with Gasteiger partial charge in [0.25, 0.3) is 0 Å². The fraction of sp³-hybridized carbons (Fsp3) is 0.114. The number of hydrogen-bond acceptors (Lipinski definition) is 8. The number of carboxylic acid groups (broad SMARTS) is 1. The third-order valence-electron chi connectivity index (χ3n) is 7.42. The van der Waals surface area contributed by atoms with Crippen LogP contribution in [0.2, 0.25) is 5.15 Å². The van der Waals surface area contributed by atoms with E-state index in [-0.39, 0.29) is 24.7 Å². The van der Waals surface area contributed by atoms with Crippen molar-refractivity contribution in [3.8, 4) is 39.9 Å². The first-order valence-corrected chi connectivity index (χ1v) is 15.9. The monoisotopic (exact) mass is 778 g/mol. The second kappa shape index (κ2) is 14.4. The molecular formula is C35H25ClFIN4O6. The van der Waals surface area contributed by atoms with Crippen LogP contribution < -0.4 is 14.2 Å². The van der Waals surface area contributed by atoms with Crippen molar-refractivity contribution >= 4 is 52.0 Å². The topological polar surface area (TPSA) is 125 Å². The molecule has 6 rings (SSSR count). The van der Waals surface area contributed by atoms with Gasteiger partial charge in [0.05, 0.1) is 21.9 Å². The molecule has 1 unspecified atom stereocenters. The zero-order valence-electron chi connectivity index (χ0n) is 25.1. The lowest BCUT2D eigenvalue weighted by Gasteiger charge is -2.18. The number of carboxylic acids is 1. The van der Waals surface area contributed by atoms with E-state index < -0.39 is 12.1 Å². The predicted molar refractivity (Wildman–Crippen MR) is 184 cm³/mol. The van der Waals surface area contributed by atoms with Crippen molar-refractivity contribution < 1.29 is 33.3 Å². The summed E-state index contributed by atoms with van der Waals surface area (Å²) in [6.07, 6.45) is 3.76. The largest absolute Gasteiger partial charge is 0.496 e. The second-order valence-corrected chi connectivity index (χ2v) is 11.9. The van der Waals surface area contributed by atoms with Gasteiger partial charge in [0.15, 0.2) is 5.82 Å². The minimum Gasteiger partial charge on any atom is -0.496 e. The standard InChI is InChI=1S/C35H25ClFIN4O6/c1-46-27-5-3-2-4-25(27)33-39-13-12-24(41-33)19-47-26-11-6-20(18-43)16-22(26)17-28(35(44)45)48-34-31-30(38)29(21-7-9-23(37)10-8-21)32(36)42(31)15-14-40-34/h2-16,18,28H,17,19H2,1H3,(H,44,45). The highest BCUT2D eigenvalue weighted by molar-refractivity contribution is 14.1. The average molecular weight is 779 g/mol. The summed E-state index contributed by atoms with van der Waals surface area (Å²) >= 11 is 8.82. The lowest BCUT2D eigenvalue weighted by Crippen LogP contribution is -2.30. The Hall–Kier alpha value is -5.08. The van der Waals surface area contributed by atoms with Crippen molar-refractivity contribution in [3.63, 3.8) is 0 Å². The zero-order valence-corrected chi connectivity index (χ0v) is 28.1. The number of hydrogen-bond donors (Lipinski definition) is 1. The van der Waals surface area contributed by atoms with Gasteiger partial charge in [-0.1, -0.05) is 35.9 Å². The van der Waals surface area contributed by atoms with E-state index in [1.54, 1.807) is 60.3 Å². The average Bonchev–Trinajstić information content (AvgIpc) is 3.37. The lowest BCUT2D eigenvalue weighted by atomic mass is 10.0. The quantitative estimate of drug-likeness (QED) is 0.100. The fourth-order valence-electron chi connectivity index (χ4n) is 5.12. The molecule has 0 saturated carbocycles. The number of benzene rings is 3. The Labute approximate surface area is 292 Å². The molecule has 3 aromatic carbocycles. The summed E-state index contributed by atoms with van der Waals surface area (Å²) in [5.74, 6) is -0.198. The van der Waals surface area contributed by atoms with Crippen LogP contribution in [-0.2, 0) is 17.8 Å². The number of aldehydes is 1. The van der Waals surface area contributed by atoms with Crippen LogP contribution in [0.15, 0.2) is 91.4 Å². The highest BCUT2D eigenvalue weighted by Gasteiger charge is 2.27. The maximum Gasteiger partial charge on any atom is 0.345 e. The Bertz CT molecular complexity index is 2140. The number of halogens is 3. The molecule has 0 aliphatic rings. The van der Waals surface area contributed by atoms with Crippen molar-refractivity contribution in [1.82, 2.24) is 19.4 Å². The number of methoxy groups -OCH3 is 1. The van der Waals surface area contributed by atoms with Gasteiger partial charge in [-0.05, 0) is 82.2 Å². The molecule has 48 heavy (non-hydrogen) atoms. The molecule has 242 valence electrons. The number of ether oxygens (including phenoxy) is 3. The molecule has 13 heteroatoms. The molecule has 0 amide bonds. The molecule has 0 bridgehead atoms. The minimum atomic E-state index is -1.43. The fourth-order valence-corrected chi connectivity index (χ4v) is 6.68. The number of carbonyl (C=O) groups is 2. The number of nitrogens with zero attached hydrogens (tertiary/aromatic N) is 4. The molecule has 0 aliphatic carbocycles. The highest BCUT2D eigenvalue weighted by Crippen LogP contribution is 2.40. The van der Waals surface area contributed by atoms with Gasteiger partial charge < -0.3 is 19.3 Å². The number of aliphatic carboxylic acids is 1. The van der Waals surface area contributed by atoms with Gasteiger partial charge in [-0.3, -0.25) is 9.20 Å². The van der Waals surface area contributed by atoms with E-state index in [9.17, 15) is 19.1 Å². The Kier molecular flexibility index (Phi) is 9.82. The molecule has 10 nitrogen and oxygen atoms in total. The molecule has 3 heterocycles. The van der Waals surface area contributed by atoms with Crippen LogP contribution in [0.3, 0.4) is 0 Å². The van der Waals surface area contributed by atoms with Crippen LogP contribution in [0.5, 0.6) is 17.4 Å². The number of para-hydroxylation sites is 1. The van der Waals surface area contributed by atoms with E-state index in [2.05, 4.69) is 37.5 Å². The van der Waals surface area contributed by atoms with E-state index in [4.69, 9.17) is 25.8 Å². The lowest BCUT2D eigenvalue weighted by molar-refractivity contribution is -0.145. The maximum absolute atomic E-state index is 13.6. The van der Waals surface area contributed by atoms with Crippen LogP contribution >= 0.6 is 34.2 Å². The van der Waals surface area contributed by atoms with Gasteiger partial charge in [0.2, 0.25) is 12.0 Å². The number of aromatic nitrogens is 4. The third-order valence-corrected chi connectivity index (χ3v) is 8.84. The van der Waals surface area contributed by atoms with Crippen molar-refractivity contribution in [3.05, 3.63) is 123 Å². The molecule has 1 N–H and O–H groups in total. The molecule has 6 aromatic rings. The van der Waals surface area contributed by atoms with E-state index >= 15 is 0 Å². The summed E-state index contributed by atoms with van der Waals surface area (Å²) in [5.41, 5.74) is 3.77. The van der Waals surface area contributed by atoms with Crippen LogP contribution in [-0.4, -0.2) is 49.9 Å². The summed E-state index contributed by atoms with van der Waals surface area (Å²) < 4.78 is 33.5. The van der Waals surface area contributed by atoms with Gasteiger partial charge in [0, 0.05) is 36.1 Å².